The Morgan fingerprint density at radius 3 is 2.86 bits per heavy atom. The van der Waals surface area contributed by atoms with E-state index in [9.17, 15) is 5.11 Å². The fourth-order valence-corrected chi connectivity index (χ4v) is 2.61. The second-order valence-electron chi connectivity index (χ2n) is 5.60. The van der Waals surface area contributed by atoms with Crippen molar-refractivity contribution in [2.75, 3.05) is 26.3 Å². The minimum atomic E-state index is 0.314. The quantitative estimate of drug-likeness (QED) is 0.799. The standard InChI is InChI=1S/C17H27NO3/c1-3-9-20-15-8-7-14(17(19)11-15)12-18(4-2)13-16-6-5-10-21-16/h7-8,11,16,19H,3-6,9-10,12-13H2,1-2H3. The maximum Gasteiger partial charge on any atom is 0.123 e. The predicted molar refractivity (Wildman–Crippen MR) is 83.8 cm³/mol. The third-order valence-electron chi connectivity index (χ3n) is 3.86. The van der Waals surface area contributed by atoms with E-state index in [1.54, 1.807) is 6.07 Å². The molecule has 2 rings (SSSR count). The Bertz CT molecular complexity index is 430. The van der Waals surface area contributed by atoms with Gasteiger partial charge in [0.05, 0.1) is 12.7 Å². The Kier molecular flexibility index (Phi) is 6.33. The smallest absolute Gasteiger partial charge is 0.123 e. The van der Waals surface area contributed by atoms with Crippen molar-refractivity contribution in [2.24, 2.45) is 0 Å². The topological polar surface area (TPSA) is 41.9 Å². The first-order valence-electron chi connectivity index (χ1n) is 8.01. The van der Waals surface area contributed by atoms with Crippen molar-refractivity contribution in [3.05, 3.63) is 23.8 Å². The predicted octanol–water partition coefficient (Wildman–Crippen LogP) is 3.18. The highest BCUT2D eigenvalue weighted by Crippen LogP contribution is 2.25. The molecule has 0 amide bonds. The summed E-state index contributed by atoms with van der Waals surface area (Å²) in [4.78, 5) is 2.32. The molecule has 0 saturated carbocycles. The molecule has 4 heteroatoms. The molecule has 0 radical (unpaired) electrons. The normalized spacial score (nSPS) is 18.3. The molecular formula is C17H27NO3. The number of ether oxygens (including phenoxy) is 2. The molecule has 1 aromatic carbocycles. The van der Waals surface area contributed by atoms with Crippen LogP contribution in [0.2, 0.25) is 0 Å². The van der Waals surface area contributed by atoms with E-state index in [1.807, 2.05) is 12.1 Å². The van der Waals surface area contributed by atoms with E-state index < -0.39 is 0 Å². The van der Waals surface area contributed by atoms with E-state index >= 15 is 0 Å². The molecule has 1 aliphatic rings. The summed E-state index contributed by atoms with van der Waals surface area (Å²) >= 11 is 0. The second-order valence-corrected chi connectivity index (χ2v) is 5.60. The van der Waals surface area contributed by atoms with Crippen LogP contribution >= 0.6 is 0 Å². The van der Waals surface area contributed by atoms with Gasteiger partial charge in [-0.15, -0.1) is 0 Å². The molecule has 21 heavy (non-hydrogen) atoms. The van der Waals surface area contributed by atoms with Gasteiger partial charge in [0.25, 0.3) is 0 Å². The zero-order valence-electron chi connectivity index (χ0n) is 13.2. The van der Waals surface area contributed by atoms with Crippen LogP contribution in [0.4, 0.5) is 0 Å². The lowest BCUT2D eigenvalue weighted by molar-refractivity contribution is 0.0722. The number of hydrogen-bond donors (Lipinski definition) is 1. The van der Waals surface area contributed by atoms with Crippen molar-refractivity contribution >= 4 is 0 Å². The lowest BCUT2D eigenvalue weighted by Crippen LogP contribution is -2.31. The number of benzene rings is 1. The highest BCUT2D eigenvalue weighted by molar-refractivity contribution is 5.39. The molecule has 0 aromatic heterocycles. The van der Waals surface area contributed by atoms with Crippen LogP contribution < -0.4 is 4.74 Å². The largest absolute Gasteiger partial charge is 0.507 e. The van der Waals surface area contributed by atoms with E-state index in [1.165, 1.54) is 0 Å². The summed E-state index contributed by atoms with van der Waals surface area (Å²) < 4.78 is 11.2. The van der Waals surface area contributed by atoms with E-state index in [0.717, 1.165) is 56.8 Å². The van der Waals surface area contributed by atoms with Gasteiger partial charge in [0.1, 0.15) is 11.5 Å². The Morgan fingerprint density at radius 2 is 2.24 bits per heavy atom. The zero-order valence-corrected chi connectivity index (χ0v) is 13.2. The average Bonchev–Trinajstić information content (AvgIpc) is 2.99. The lowest BCUT2D eigenvalue weighted by Gasteiger charge is -2.24. The lowest BCUT2D eigenvalue weighted by atomic mass is 10.1. The molecule has 1 aliphatic heterocycles. The van der Waals surface area contributed by atoms with Gasteiger partial charge >= 0.3 is 0 Å². The molecule has 1 unspecified atom stereocenters. The maximum absolute atomic E-state index is 10.2. The van der Waals surface area contributed by atoms with Gasteiger partial charge in [0.15, 0.2) is 0 Å². The summed E-state index contributed by atoms with van der Waals surface area (Å²) in [6, 6.07) is 5.61. The van der Waals surface area contributed by atoms with Gasteiger partial charge in [-0.2, -0.15) is 0 Å². The van der Waals surface area contributed by atoms with E-state index in [2.05, 4.69) is 18.7 Å². The monoisotopic (exact) mass is 293 g/mol. The van der Waals surface area contributed by atoms with Crippen LogP contribution in [0, 0.1) is 0 Å². The molecule has 1 atom stereocenters. The molecule has 118 valence electrons. The Hall–Kier alpha value is -1.26. The van der Waals surface area contributed by atoms with Gasteiger partial charge in [0, 0.05) is 31.3 Å². The summed E-state index contributed by atoms with van der Waals surface area (Å²) in [5.74, 6) is 1.05. The van der Waals surface area contributed by atoms with Crippen molar-refractivity contribution < 1.29 is 14.6 Å². The average molecular weight is 293 g/mol. The van der Waals surface area contributed by atoms with E-state index in [0.29, 0.717) is 18.5 Å². The first-order valence-corrected chi connectivity index (χ1v) is 8.01. The molecule has 1 fully saturated rings. The second kappa shape index (κ2) is 8.25. The Labute approximate surface area is 127 Å². The Morgan fingerprint density at radius 1 is 1.38 bits per heavy atom. The summed E-state index contributed by atoms with van der Waals surface area (Å²) in [6.45, 7) is 8.41. The maximum atomic E-state index is 10.2. The third-order valence-corrected chi connectivity index (χ3v) is 3.86. The van der Waals surface area contributed by atoms with Gasteiger partial charge in [0.2, 0.25) is 0 Å². The van der Waals surface area contributed by atoms with Crippen LogP contribution in [0.25, 0.3) is 0 Å². The van der Waals surface area contributed by atoms with Crippen LogP contribution in [-0.4, -0.2) is 42.4 Å². The van der Waals surface area contributed by atoms with E-state index in [-0.39, 0.29) is 0 Å². The number of hydrogen-bond acceptors (Lipinski definition) is 4. The zero-order chi connectivity index (χ0) is 15.1. The van der Waals surface area contributed by atoms with Crippen molar-refractivity contribution in [1.82, 2.24) is 4.90 Å². The van der Waals surface area contributed by atoms with Crippen LogP contribution in [0.15, 0.2) is 18.2 Å². The van der Waals surface area contributed by atoms with Crippen molar-refractivity contribution in [3.8, 4) is 11.5 Å². The first kappa shape index (κ1) is 16.1. The van der Waals surface area contributed by atoms with Crippen molar-refractivity contribution in [1.29, 1.82) is 0 Å². The molecule has 0 spiro atoms. The first-order chi connectivity index (χ1) is 10.2. The molecule has 1 saturated heterocycles. The number of aromatic hydroxyl groups is 1. The number of nitrogens with zero attached hydrogens (tertiary/aromatic N) is 1. The number of likely N-dealkylation sites (N-methyl/N-ethyl adjacent to an activating group) is 1. The van der Waals surface area contributed by atoms with Crippen LogP contribution in [0.5, 0.6) is 11.5 Å². The van der Waals surface area contributed by atoms with Crippen molar-refractivity contribution in [3.63, 3.8) is 0 Å². The summed E-state index contributed by atoms with van der Waals surface area (Å²) in [6.07, 6.45) is 3.62. The van der Waals surface area contributed by atoms with Crippen LogP contribution in [0.3, 0.4) is 0 Å². The fourth-order valence-electron chi connectivity index (χ4n) is 2.61. The fraction of sp³-hybridized carbons (Fsp3) is 0.647. The molecule has 0 bridgehead atoms. The van der Waals surface area contributed by atoms with E-state index in [4.69, 9.17) is 9.47 Å². The van der Waals surface area contributed by atoms with Gasteiger partial charge in [-0.25, -0.2) is 0 Å². The minimum Gasteiger partial charge on any atom is -0.507 e. The summed E-state index contributed by atoms with van der Waals surface area (Å²) in [5.41, 5.74) is 0.943. The minimum absolute atomic E-state index is 0.314. The summed E-state index contributed by atoms with van der Waals surface area (Å²) in [5, 5.41) is 10.2. The third kappa shape index (κ3) is 4.90. The molecule has 1 heterocycles. The van der Waals surface area contributed by atoms with Crippen molar-refractivity contribution in [2.45, 2.75) is 45.8 Å². The molecule has 1 N–H and O–H groups in total. The molecular weight excluding hydrogens is 266 g/mol. The van der Waals surface area contributed by atoms with Crippen LogP contribution in [0.1, 0.15) is 38.7 Å². The van der Waals surface area contributed by atoms with Gasteiger partial charge < -0.3 is 14.6 Å². The molecule has 4 nitrogen and oxygen atoms in total. The van der Waals surface area contributed by atoms with Gasteiger partial charge in [-0.05, 0) is 31.9 Å². The number of phenols is 1. The highest BCUT2D eigenvalue weighted by atomic mass is 16.5. The van der Waals surface area contributed by atoms with Gasteiger partial charge in [-0.1, -0.05) is 19.9 Å². The Balaban J connectivity index is 1.93. The van der Waals surface area contributed by atoms with Gasteiger partial charge in [-0.3, -0.25) is 4.90 Å². The number of rotatable bonds is 8. The van der Waals surface area contributed by atoms with Crippen LogP contribution in [-0.2, 0) is 11.3 Å². The SMILES string of the molecule is CCCOc1ccc(CN(CC)CC2CCCO2)c(O)c1. The molecule has 0 aliphatic carbocycles. The molecule has 1 aromatic rings. The highest BCUT2D eigenvalue weighted by Gasteiger charge is 2.19. The number of phenolic OH excluding ortho intramolecular Hbond substituents is 1. The summed E-state index contributed by atoms with van der Waals surface area (Å²) in [7, 11) is 0.